The molecule has 0 aliphatic carbocycles. The van der Waals surface area contributed by atoms with E-state index in [0.717, 1.165) is 10.6 Å². The van der Waals surface area contributed by atoms with Crippen LogP contribution >= 0.6 is 11.8 Å². The molecule has 1 fully saturated rings. The fourth-order valence-corrected chi connectivity index (χ4v) is 2.86. The number of hydrogen-bond acceptors (Lipinski definition) is 3. The summed E-state index contributed by atoms with van der Waals surface area (Å²) in [5, 5.41) is 0. The molecule has 1 saturated heterocycles. The Morgan fingerprint density at radius 3 is 2.75 bits per heavy atom. The number of carbonyl (C=O) groups is 1. The van der Waals surface area contributed by atoms with Gasteiger partial charge in [-0.05, 0) is 18.2 Å². The van der Waals surface area contributed by atoms with Gasteiger partial charge in [-0.15, -0.1) is 11.8 Å². The first-order chi connectivity index (χ1) is 9.50. The Labute approximate surface area is 121 Å². The molecule has 20 heavy (non-hydrogen) atoms. The van der Waals surface area contributed by atoms with E-state index in [1.54, 1.807) is 7.11 Å². The second-order valence-corrected chi connectivity index (χ2v) is 5.75. The number of carbonyl (C=O) groups excluding carboxylic acids is 1. The number of nitrogens with zero attached hydrogens (tertiary/aromatic N) is 1. The van der Waals surface area contributed by atoms with Crippen molar-refractivity contribution in [3.8, 4) is 5.75 Å². The van der Waals surface area contributed by atoms with Gasteiger partial charge in [0.1, 0.15) is 5.75 Å². The van der Waals surface area contributed by atoms with E-state index in [9.17, 15) is 13.6 Å². The van der Waals surface area contributed by atoms with Crippen LogP contribution in [0.25, 0.3) is 0 Å². The maximum atomic E-state index is 13.0. The minimum atomic E-state index is -2.61. The first-order valence-electron chi connectivity index (χ1n) is 6.43. The Bertz CT molecular complexity index is 472. The lowest BCUT2D eigenvalue weighted by Gasteiger charge is -2.31. The third kappa shape index (κ3) is 4.10. The van der Waals surface area contributed by atoms with Gasteiger partial charge in [0.2, 0.25) is 5.91 Å². The Morgan fingerprint density at radius 1 is 1.40 bits per heavy atom. The van der Waals surface area contributed by atoms with E-state index in [0.29, 0.717) is 0 Å². The molecule has 3 nitrogen and oxygen atoms in total. The molecule has 0 atom stereocenters. The summed E-state index contributed by atoms with van der Waals surface area (Å²) in [4.78, 5) is 14.4. The van der Waals surface area contributed by atoms with E-state index >= 15 is 0 Å². The summed E-state index contributed by atoms with van der Waals surface area (Å²) in [5.74, 6) is -1.71. The van der Waals surface area contributed by atoms with Gasteiger partial charge in [-0.3, -0.25) is 4.79 Å². The van der Waals surface area contributed by atoms with Gasteiger partial charge in [-0.25, -0.2) is 8.78 Å². The van der Waals surface area contributed by atoms with Crippen molar-refractivity contribution in [2.45, 2.75) is 23.7 Å². The number of ether oxygens (including phenoxy) is 1. The van der Waals surface area contributed by atoms with Crippen molar-refractivity contribution in [2.24, 2.45) is 0 Å². The highest BCUT2D eigenvalue weighted by Gasteiger charge is 2.35. The third-order valence-electron chi connectivity index (χ3n) is 3.25. The molecule has 1 amide bonds. The molecule has 6 heteroatoms. The summed E-state index contributed by atoms with van der Waals surface area (Å²) in [6, 6.07) is 7.43. The van der Waals surface area contributed by atoms with Gasteiger partial charge in [0.25, 0.3) is 5.92 Å². The molecule has 1 aliphatic rings. The molecular formula is C14H17F2NO2S. The molecule has 1 aliphatic heterocycles. The minimum Gasteiger partial charge on any atom is -0.497 e. The van der Waals surface area contributed by atoms with E-state index < -0.39 is 5.92 Å². The van der Waals surface area contributed by atoms with Crippen LogP contribution in [0, 0.1) is 0 Å². The number of hydrogen-bond donors (Lipinski definition) is 0. The van der Waals surface area contributed by atoms with Crippen LogP contribution in [0.3, 0.4) is 0 Å². The number of piperidine rings is 1. The zero-order valence-corrected chi connectivity index (χ0v) is 12.1. The fraction of sp³-hybridized carbons (Fsp3) is 0.500. The lowest BCUT2D eigenvalue weighted by atomic mass is 10.1. The topological polar surface area (TPSA) is 29.5 Å². The zero-order chi connectivity index (χ0) is 14.6. The number of alkyl halides is 2. The molecule has 0 unspecified atom stereocenters. The van der Waals surface area contributed by atoms with Crippen LogP contribution in [-0.4, -0.2) is 42.7 Å². The predicted molar refractivity (Wildman–Crippen MR) is 74.5 cm³/mol. The van der Waals surface area contributed by atoms with Gasteiger partial charge in [0.05, 0.1) is 12.9 Å². The molecule has 0 aromatic heterocycles. The minimum absolute atomic E-state index is 0.0895. The van der Waals surface area contributed by atoms with Gasteiger partial charge in [-0.2, -0.15) is 0 Å². The number of benzene rings is 1. The quantitative estimate of drug-likeness (QED) is 0.801. The maximum absolute atomic E-state index is 13.0. The van der Waals surface area contributed by atoms with Crippen LogP contribution in [0.5, 0.6) is 5.75 Å². The standard InChI is InChI=1S/C14H17F2NO2S/c1-19-11-3-2-4-12(9-11)20-10-13(18)17-7-5-14(15,16)6-8-17/h2-4,9H,5-8,10H2,1H3. The highest BCUT2D eigenvalue weighted by Crippen LogP contribution is 2.28. The molecule has 0 N–H and O–H groups in total. The molecule has 110 valence electrons. The molecule has 0 spiro atoms. The Morgan fingerprint density at radius 2 is 2.10 bits per heavy atom. The third-order valence-corrected chi connectivity index (χ3v) is 4.23. The monoisotopic (exact) mass is 301 g/mol. The van der Waals surface area contributed by atoms with Crippen LogP contribution in [0.4, 0.5) is 8.78 Å². The van der Waals surface area contributed by atoms with Gasteiger partial charge in [0.15, 0.2) is 0 Å². The number of halogens is 2. The summed E-state index contributed by atoms with van der Waals surface area (Å²) in [5.41, 5.74) is 0. The highest BCUT2D eigenvalue weighted by molar-refractivity contribution is 8.00. The maximum Gasteiger partial charge on any atom is 0.251 e. The largest absolute Gasteiger partial charge is 0.497 e. The van der Waals surface area contributed by atoms with E-state index in [2.05, 4.69) is 0 Å². The predicted octanol–water partition coefficient (Wildman–Crippen LogP) is 3.05. The number of likely N-dealkylation sites (tertiary alicyclic amines) is 1. The summed E-state index contributed by atoms with van der Waals surface area (Å²) < 4.78 is 31.1. The van der Waals surface area contributed by atoms with E-state index in [-0.39, 0.29) is 37.6 Å². The first kappa shape index (κ1) is 15.1. The zero-order valence-electron chi connectivity index (χ0n) is 11.3. The van der Waals surface area contributed by atoms with Gasteiger partial charge in [-0.1, -0.05) is 6.07 Å². The number of methoxy groups -OCH3 is 1. The molecular weight excluding hydrogens is 284 g/mol. The average Bonchev–Trinajstić information content (AvgIpc) is 2.45. The summed E-state index contributed by atoms with van der Waals surface area (Å²) in [6.07, 6.45) is -0.467. The molecule has 2 rings (SSSR count). The molecule has 0 radical (unpaired) electrons. The van der Waals surface area contributed by atoms with Crippen molar-refractivity contribution >= 4 is 17.7 Å². The fourth-order valence-electron chi connectivity index (χ4n) is 2.01. The molecule has 1 aromatic rings. The van der Waals surface area contributed by atoms with E-state index in [4.69, 9.17) is 4.74 Å². The van der Waals surface area contributed by atoms with Crippen LogP contribution in [0.2, 0.25) is 0 Å². The van der Waals surface area contributed by atoms with Crippen molar-refractivity contribution in [3.05, 3.63) is 24.3 Å². The number of thioether (sulfide) groups is 1. The Hall–Kier alpha value is -1.30. The molecule has 1 heterocycles. The number of rotatable bonds is 4. The molecule has 1 aromatic carbocycles. The second kappa shape index (κ2) is 6.43. The average molecular weight is 301 g/mol. The highest BCUT2D eigenvalue weighted by atomic mass is 32.2. The van der Waals surface area contributed by atoms with Gasteiger partial charge < -0.3 is 9.64 Å². The van der Waals surface area contributed by atoms with Gasteiger partial charge >= 0.3 is 0 Å². The lowest BCUT2D eigenvalue weighted by Crippen LogP contribution is -2.43. The van der Waals surface area contributed by atoms with Crippen molar-refractivity contribution in [1.29, 1.82) is 0 Å². The molecule has 0 saturated carbocycles. The van der Waals surface area contributed by atoms with Crippen molar-refractivity contribution in [3.63, 3.8) is 0 Å². The van der Waals surface area contributed by atoms with Crippen LogP contribution < -0.4 is 4.74 Å². The Balaban J connectivity index is 1.83. The smallest absolute Gasteiger partial charge is 0.251 e. The number of amides is 1. The van der Waals surface area contributed by atoms with E-state index in [1.807, 2.05) is 24.3 Å². The van der Waals surface area contributed by atoms with Crippen LogP contribution in [-0.2, 0) is 4.79 Å². The normalized spacial score (nSPS) is 17.9. The summed E-state index contributed by atoms with van der Waals surface area (Å²) in [6.45, 7) is 0.287. The SMILES string of the molecule is COc1cccc(SCC(=O)N2CCC(F)(F)CC2)c1. The second-order valence-electron chi connectivity index (χ2n) is 4.70. The van der Waals surface area contributed by atoms with Gasteiger partial charge in [0, 0.05) is 30.8 Å². The van der Waals surface area contributed by atoms with Crippen LogP contribution in [0.1, 0.15) is 12.8 Å². The summed E-state index contributed by atoms with van der Waals surface area (Å²) in [7, 11) is 1.59. The van der Waals surface area contributed by atoms with Crippen molar-refractivity contribution < 1.29 is 18.3 Å². The van der Waals surface area contributed by atoms with E-state index in [1.165, 1.54) is 16.7 Å². The first-order valence-corrected chi connectivity index (χ1v) is 7.41. The Kier molecular flexibility index (Phi) is 4.86. The van der Waals surface area contributed by atoms with Crippen molar-refractivity contribution in [2.75, 3.05) is 26.0 Å². The van der Waals surface area contributed by atoms with Crippen molar-refractivity contribution in [1.82, 2.24) is 4.90 Å². The lowest BCUT2D eigenvalue weighted by molar-refractivity contribution is -0.134. The summed E-state index contributed by atoms with van der Waals surface area (Å²) >= 11 is 1.39. The van der Waals surface area contributed by atoms with Crippen LogP contribution in [0.15, 0.2) is 29.2 Å². The molecule has 0 bridgehead atoms.